The predicted molar refractivity (Wildman–Crippen MR) is 132 cm³/mol. The fraction of sp³-hybridized carbons (Fsp3) is 0.231. The number of hydrogen-bond donors (Lipinski definition) is 1. The molecule has 1 aliphatic heterocycles. The van der Waals surface area contributed by atoms with Crippen LogP contribution in [0.3, 0.4) is 0 Å². The van der Waals surface area contributed by atoms with Crippen molar-refractivity contribution in [1.82, 2.24) is 0 Å². The van der Waals surface area contributed by atoms with E-state index in [4.69, 9.17) is 9.73 Å². The number of nitrogens with zero attached hydrogens (tertiary/aromatic N) is 1. The molecule has 0 spiro atoms. The topological polar surface area (TPSA) is 84.8 Å². The van der Waals surface area contributed by atoms with Crippen LogP contribution in [0.4, 0.5) is 10.1 Å². The molecule has 34 heavy (non-hydrogen) atoms. The van der Waals surface area contributed by atoms with Crippen LogP contribution in [0.1, 0.15) is 36.8 Å². The average molecular weight is 481 g/mol. The summed E-state index contributed by atoms with van der Waals surface area (Å²) < 4.78 is 44.0. The van der Waals surface area contributed by atoms with E-state index in [-0.39, 0.29) is 11.8 Å². The molecule has 0 saturated heterocycles. The van der Waals surface area contributed by atoms with E-state index in [9.17, 15) is 17.6 Å². The summed E-state index contributed by atoms with van der Waals surface area (Å²) >= 11 is 0. The normalized spacial score (nSPS) is 15.3. The summed E-state index contributed by atoms with van der Waals surface area (Å²) in [5.74, 6) is -0.582. The number of esters is 1. The Morgan fingerprint density at radius 1 is 1.15 bits per heavy atom. The molecule has 0 atom stereocenters. The Kier molecular flexibility index (Phi) is 6.79. The monoisotopic (exact) mass is 480 g/mol. The highest BCUT2D eigenvalue weighted by Gasteiger charge is 2.27. The summed E-state index contributed by atoms with van der Waals surface area (Å²) in [6, 6.07) is 13.5. The number of rotatable bonds is 8. The summed E-state index contributed by atoms with van der Waals surface area (Å²) in [7, 11) is -2.01. The van der Waals surface area contributed by atoms with E-state index in [2.05, 4.69) is 10.8 Å². The maximum Gasteiger partial charge on any atom is 0.305 e. The number of carbonyl (C=O) groups excluding carboxylic acids is 1. The van der Waals surface area contributed by atoms with Crippen molar-refractivity contribution >= 4 is 38.7 Å². The molecular formula is C26H25FN2O4S. The standard InChI is InChI=1S/C26H25FN2O4S/c1-33-25(30)8-4-7-22-23-16-19(18-5-3-6-21(15-18)29-34(2,31)32)11-14-24(23)28-26(22)17-9-12-20(27)13-10-17/h3,5-6,9-13,15-16,29H,4,7-8,14H2,1-2H3. The van der Waals surface area contributed by atoms with Crippen LogP contribution in [0.25, 0.3) is 11.3 Å². The number of ether oxygens (including phenoxy) is 1. The van der Waals surface area contributed by atoms with E-state index in [0.717, 1.165) is 45.5 Å². The minimum Gasteiger partial charge on any atom is -0.469 e. The first-order valence-corrected chi connectivity index (χ1v) is 12.8. The third-order valence-corrected chi connectivity index (χ3v) is 6.24. The van der Waals surface area contributed by atoms with Gasteiger partial charge in [0.25, 0.3) is 0 Å². The average Bonchev–Trinajstić information content (AvgIpc) is 3.16. The minimum absolute atomic E-state index is 0.267. The smallest absolute Gasteiger partial charge is 0.305 e. The highest BCUT2D eigenvalue weighted by atomic mass is 32.2. The highest BCUT2D eigenvalue weighted by molar-refractivity contribution is 7.92. The second-order valence-corrected chi connectivity index (χ2v) is 9.95. The van der Waals surface area contributed by atoms with Crippen LogP contribution >= 0.6 is 0 Å². The second kappa shape index (κ2) is 9.77. The molecule has 0 radical (unpaired) electrons. The summed E-state index contributed by atoms with van der Waals surface area (Å²) in [5, 5.41) is 0. The number of benzene rings is 2. The van der Waals surface area contributed by atoms with Crippen LogP contribution < -0.4 is 4.72 Å². The number of sulfonamides is 1. The van der Waals surface area contributed by atoms with Gasteiger partial charge in [-0.05, 0) is 72.0 Å². The Bertz CT molecular complexity index is 1350. The van der Waals surface area contributed by atoms with Crippen LogP contribution in [0.5, 0.6) is 0 Å². The largest absolute Gasteiger partial charge is 0.469 e. The van der Waals surface area contributed by atoms with E-state index < -0.39 is 10.0 Å². The zero-order valence-electron chi connectivity index (χ0n) is 19.0. The van der Waals surface area contributed by atoms with Gasteiger partial charge in [0.15, 0.2) is 0 Å². The van der Waals surface area contributed by atoms with Crippen LogP contribution in [-0.2, 0) is 19.6 Å². The van der Waals surface area contributed by atoms with Gasteiger partial charge >= 0.3 is 5.97 Å². The Morgan fingerprint density at radius 3 is 2.62 bits per heavy atom. The van der Waals surface area contributed by atoms with E-state index in [0.29, 0.717) is 31.4 Å². The van der Waals surface area contributed by atoms with E-state index >= 15 is 0 Å². The molecule has 6 nitrogen and oxygen atoms in total. The van der Waals surface area contributed by atoms with E-state index in [1.54, 1.807) is 30.3 Å². The van der Waals surface area contributed by atoms with Crippen LogP contribution in [0.2, 0.25) is 0 Å². The zero-order valence-corrected chi connectivity index (χ0v) is 19.8. The lowest BCUT2D eigenvalue weighted by Crippen LogP contribution is -2.10. The number of anilines is 1. The minimum atomic E-state index is -3.38. The number of carbonyl (C=O) groups is 1. The SMILES string of the molecule is COC(=O)CCCC1=C(c2ccc(F)cc2)N=C2CC=C(c3cccc(NS(C)(=O)=O)c3)C=C21. The molecule has 2 aliphatic rings. The van der Waals surface area contributed by atoms with Gasteiger partial charge in [0.2, 0.25) is 10.0 Å². The van der Waals surface area contributed by atoms with Gasteiger partial charge in [0, 0.05) is 29.7 Å². The number of fused-ring (bicyclic) bond motifs is 1. The molecule has 0 fully saturated rings. The lowest BCUT2D eigenvalue weighted by Gasteiger charge is -2.16. The number of nitrogens with one attached hydrogen (secondary N) is 1. The Hall–Kier alpha value is -3.52. The molecule has 4 rings (SSSR count). The molecule has 2 aromatic carbocycles. The molecule has 176 valence electrons. The third-order valence-electron chi connectivity index (χ3n) is 5.64. The van der Waals surface area contributed by atoms with Crippen molar-refractivity contribution in [1.29, 1.82) is 0 Å². The van der Waals surface area contributed by atoms with Gasteiger partial charge in [-0.1, -0.05) is 18.2 Å². The lowest BCUT2D eigenvalue weighted by molar-refractivity contribution is -0.140. The molecule has 0 amide bonds. The number of methoxy groups -OCH3 is 1. The molecule has 0 saturated carbocycles. The lowest BCUT2D eigenvalue weighted by atomic mass is 9.87. The van der Waals surface area contributed by atoms with Crippen molar-refractivity contribution in [2.75, 3.05) is 18.1 Å². The summed E-state index contributed by atoms with van der Waals surface area (Å²) in [6.45, 7) is 0. The summed E-state index contributed by atoms with van der Waals surface area (Å²) in [4.78, 5) is 16.5. The molecule has 2 aromatic rings. The van der Waals surface area contributed by atoms with Crippen molar-refractivity contribution in [3.05, 3.63) is 88.8 Å². The maximum atomic E-state index is 13.5. The Morgan fingerprint density at radius 2 is 1.91 bits per heavy atom. The van der Waals surface area contributed by atoms with Crippen molar-refractivity contribution in [3.63, 3.8) is 0 Å². The van der Waals surface area contributed by atoms with Crippen molar-refractivity contribution in [3.8, 4) is 0 Å². The van der Waals surface area contributed by atoms with Crippen molar-refractivity contribution < 1.29 is 22.3 Å². The molecule has 1 N–H and O–H groups in total. The summed E-state index contributed by atoms with van der Waals surface area (Å²) in [6.07, 6.45) is 7.33. The number of aliphatic imine (C=N–C) groups is 1. The van der Waals surface area contributed by atoms with Gasteiger partial charge in [0.1, 0.15) is 5.82 Å². The van der Waals surface area contributed by atoms with Crippen LogP contribution in [0, 0.1) is 5.82 Å². The second-order valence-electron chi connectivity index (χ2n) is 8.20. The zero-order chi connectivity index (χ0) is 24.3. The fourth-order valence-electron chi connectivity index (χ4n) is 4.10. The van der Waals surface area contributed by atoms with Gasteiger partial charge in [-0.3, -0.25) is 14.5 Å². The molecule has 0 unspecified atom stereocenters. The molecule has 8 heteroatoms. The van der Waals surface area contributed by atoms with Gasteiger partial charge in [-0.25, -0.2) is 12.8 Å². The van der Waals surface area contributed by atoms with E-state index in [1.165, 1.54) is 19.2 Å². The predicted octanol–water partition coefficient (Wildman–Crippen LogP) is 5.12. The molecule has 0 bridgehead atoms. The van der Waals surface area contributed by atoms with Gasteiger partial charge in [-0.2, -0.15) is 0 Å². The van der Waals surface area contributed by atoms with Crippen LogP contribution in [-0.4, -0.2) is 33.5 Å². The van der Waals surface area contributed by atoms with E-state index in [1.807, 2.05) is 12.1 Å². The third kappa shape index (κ3) is 5.51. The fourth-order valence-corrected chi connectivity index (χ4v) is 4.66. The first-order valence-electron chi connectivity index (χ1n) is 10.9. The number of hydrogen-bond acceptors (Lipinski definition) is 5. The summed E-state index contributed by atoms with van der Waals surface area (Å²) in [5.41, 5.74) is 6.84. The first kappa shape index (κ1) is 23.6. The van der Waals surface area contributed by atoms with Gasteiger partial charge < -0.3 is 4.74 Å². The maximum absolute atomic E-state index is 13.5. The van der Waals surface area contributed by atoms with Crippen molar-refractivity contribution in [2.45, 2.75) is 25.7 Å². The Labute approximate surface area is 198 Å². The highest BCUT2D eigenvalue weighted by Crippen LogP contribution is 2.40. The first-order chi connectivity index (χ1) is 16.2. The van der Waals surface area contributed by atoms with Gasteiger partial charge in [0.05, 0.1) is 24.8 Å². The Balaban J connectivity index is 1.69. The van der Waals surface area contributed by atoms with Gasteiger partial charge in [-0.15, -0.1) is 0 Å². The quantitative estimate of drug-likeness (QED) is 0.532. The van der Waals surface area contributed by atoms with Crippen LogP contribution in [0.15, 0.2) is 76.8 Å². The van der Waals surface area contributed by atoms with Crippen molar-refractivity contribution in [2.24, 2.45) is 4.99 Å². The molecule has 1 aliphatic carbocycles. The molecule has 1 heterocycles. The molecular weight excluding hydrogens is 455 g/mol. The number of allylic oxidation sites excluding steroid dienone is 5. The molecule has 0 aromatic heterocycles. The number of halogens is 1.